The lowest BCUT2D eigenvalue weighted by atomic mass is 9.95. The predicted molar refractivity (Wildman–Crippen MR) is 103 cm³/mol. The number of benzene rings is 3. The molecule has 5 nitrogen and oxygen atoms in total. The van der Waals surface area contributed by atoms with Gasteiger partial charge in [-0.25, -0.2) is 4.79 Å². The van der Waals surface area contributed by atoms with E-state index in [2.05, 4.69) is 10.6 Å². The van der Waals surface area contributed by atoms with Gasteiger partial charge in [-0.2, -0.15) is 4.57 Å². The van der Waals surface area contributed by atoms with E-state index in [0.717, 1.165) is 44.4 Å². The van der Waals surface area contributed by atoms with Crippen molar-refractivity contribution in [1.29, 1.82) is 0 Å². The number of fused-ring (bicyclic) bond motifs is 4. The minimum atomic E-state index is -0.482. The molecule has 0 N–H and O–H groups in total. The average Bonchev–Trinajstić information content (AvgIpc) is 2.74. The van der Waals surface area contributed by atoms with Gasteiger partial charge in [-0.3, -0.25) is 0 Å². The maximum Gasteiger partial charge on any atom is 0.338 e. The van der Waals surface area contributed by atoms with E-state index in [9.17, 15) is 9.90 Å². The lowest BCUT2D eigenvalue weighted by molar-refractivity contribution is -0.632. The van der Waals surface area contributed by atoms with Crippen molar-refractivity contribution in [2.45, 2.75) is 0 Å². The van der Waals surface area contributed by atoms with Gasteiger partial charge < -0.3 is 14.6 Å². The summed E-state index contributed by atoms with van der Waals surface area (Å²) >= 11 is 0. The molecule has 4 aromatic rings. The van der Waals surface area contributed by atoms with Crippen molar-refractivity contribution < 1.29 is 23.9 Å². The van der Waals surface area contributed by atoms with Crippen LogP contribution in [0.3, 0.4) is 0 Å². The van der Waals surface area contributed by atoms with E-state index in [4.69, 9.17) is 9.47 Å². The van der Waals surface area contributed by atoms with Crippen molar-refractivity contribution >= 4 is 27.6 Å². The molecule has 138 valence electrons. The van der Waals surface area contributed by atoms with Crippen molar-refractivity contribution in [2.75, 3.05) is 13.2 Å². The van der Waals surface area contributed by atoms with Gasteiger partial charge in [0.15, 0.2) is 0 Å². The van der Waals surface area contributed by atoms with E-state index in [1.54, 1.807) is 6.07 Å². The standard InChI is InChI=1S/C23H17NO4/c1-24-18-13-14(23(26)27-12-11-25)9-10-15(18)16-6-4-8-20-21(16)22(24)17-5-2-3-7-19(17)28-20/h2-10,13H,11-12H2,1H3. The van der Waals surface area contributed by atoms with Crippen LogP contribution < -0.4 is 14.4 Å². The minimum absolute atomic E-state index is 0.125. The van der Waals surface area contributed by atoms with Gasteiger partial charge in [0.05, 0.1) is 28.5 Å². The maximum atomic E-state index is 12.2. The molecule has 0 unspecified atom stereocenters. The quantitative estimate of drug-likeness (QED) is 0.278. The first-order valence-corrected chi connectivity index (χ1v) is 9.10. The molecule has 0 aliphatic carbocycles. The van der Waals surface area contributed by atoms with Crippen molar-refractivity contribution in [3.63, 3.8) is 0 Å². The van der Waals surface area contributed by atoms with Gasteiger partial charge in [0.1, 0.15) is 18.5 Å². The first-order chi connectivity index (χ1) is 13.7. The topological polar surface area (TPSA) is 62.5 Å². The zero-order valence-electron chi connectivity index (χ0n) is 15.3. The fourth-order valence-corrected chi connectivity index (χ4v) is 3.94. The van der Waals surface area contributed by atoms with Gasteiger partial charge in [-0.05, 0) is 30.3 Å². The monoisotopic (exact) mass is 371 g/mol. The number of para-hydroxylation sites is 1. The number of esters is 1. The summed E-state index contributed by atoms with van der Waals surface area (Å²) < 4.78 is 13.2. The van der Waals surface area contributed by atoms with Gasteiger partial charge in [0.2, 0.25) is 11.2 Å². The third-order valence-electron chi connectivity index (χ3n) is 5.16. The molecule has 1 aromatic heterocycles. The van der Waals surface area contributed by atoms with Crippen LogP contribution in [0.15, 0.2) is 60.7 Å². The average molecular weight is 371 g/mol. The first-order valence-electron chi connectivity index (χ1n) is 9.10. The number of nitrogens with zero attached hydrogens (tertiary/aromatic N) is 1. The zero-order chi connectivity index (χ0) is 19.3. The lowest BCUT2D eigenvalue weighted by Gasteiger charge is -2.20. The molecule has 2 heterocycles. The molecule has 3 aromatic carbocycles. The van der Waals surface area contributed by atoms with E-state index in [1.165, 1.54) is 0 Å². The summed E-state index contributed by atoms with van der Waals surface area (Å²) in [6.07, 6.45) is 0. The number of ether oxygens (including phenoxy) is 2. The third kappa shape index (κ3) is 2.37. The second-order valence-electron chi connectivity index (χ2n) is 6.76. The SMILES string of the molecule is C[n+]1c2c3c(cccc3c3ccc(C(=O)OCC[O-])cc31)Oc1ccccc1-2. The summed E-state index contributed by atoms with van der Waals surface area (Å²) in [6, 6.07) is 19.4. The van der Waals surface area contributed by atoms with Crippen molar-refractivity contribution in [3.8, 4) is 22.8 Å². The van der Waals surface area contributed by atoms with Crippen LogP contribution in [0.25, 0.3) is 32.9 Å². The number of pyridine rings is 1. The Kier molecular flexibility index (Phi) is 3.77. The Bertz CT molecular complexity index is 1260. The van der Waals surface area contributed by atoms with Gasteiger partial charge in [-0.1, -0.05) is 24.3 Å². The molecule has 5 heteroatoms. The van der Waals surface area contributed by atoms with E-state index in [-0.39, 0.29) is 6.61 Å². The number of rotatable bonds is 3. The fraction of sp³-hybridized carbons (Fsp3) is 0.130. The minimum Gasteiger partial charge on any atom is -0.852 e. The van der Waals surface area contributed by atoms with E-state index < -0.39 is 12.6 Å². The van der Waals surface area contributed by atoms with Crippen molar-refractivity contribution in [1.82, 2.24) is 0 Å². The van der Waals surface area contributed by atoms with Crippen LogP contribution in [-0.2, 0) is 11.8 Å². The van der Waals surface area contributed by atoms with Crippen LogP contribution in [0.4, 0.5) is 0 Å². The fourth-order valence-electron chi connectivity index (χ4n) is 3.94. The van der Waals surface area contributed by atoms with E-state index in [1.807, 2.05) is 55.6 Å². The Balaban J connectivity index is 1.84. The van der Waals surface area contributed by atoms with Gasteiger partial charge in [0, 0.05) is 11.5 Å². The van der Waals surface area contributed by atoms with Gasteiger partial charge in [-0.15, -0.1) is 6.61 Å². The number of hydrogen-bond donors (Lipinski definition) is 0. The number of carbonyl (C=O) groups is 1. The molecule has 0 atom stereocenters. The van der Waals surface area contributed by atoms with Crippen LogP contribution in [-0.4, -0.2) is 19.2 Å². The highest BCUT2D eigenvalue weighted by Gasteiger charge is 2.30. The van der Waals surface area contributed by atoms with Crippen LogP contribution in [0.5, 0.6) is 11.5 Å². The molecule has 1 aliphatic heterocycles. The van der Waals surface area contributed by atoms with Crippen molar-refractivity contribution in [2.24, 2.45) is 7.05 Å². The lowest BCUT2D eigenvalue weighted by Crippen LogP contribution is -2.33. The zero-order valence-corrected chi connectivity index (χ0v) is 15.3. The smallest absolute Gasteiger partial charge is 0.338 e. The number of carbonyl (C=O) groups excluding carboxylic acids is 1. The highest BCUT2D eigenvalue weighted by atomic mass is 16.5. The number of aromatic nitrogens is 1. The van der Waals surface area contributed by atoms with Crippen LogP contribution in [0.2, 0.25) is 0 Å². The molecule has 0 spiro atoms. The largest absolute Gasteiger partial charge is 0.852 e. The molecule has 0 fully saturated rings. The van der Waals surface area contributed by atoms with Crippen LogP contribution in [0, 0.1) is 0 Å². The van der Waals surface area contributed by atoms with Gasteiger partial charge >= 0.3 is 5.97 Å². The van der Waals surface area contributed by atoms with E-state index >= 15 is 0 Å². The maximum absolute atomic E-state index is 12.2. The molecule has 0 saturated heterocycles. The highest BCUT2D eigenvalue weighted by molar-refractivity contribution is 6.13. The summed E-state index contributed by atoms with van der Waals surface area (Å²) in [5.41, 5.74) is 3.40. The molecular formula is C23H17NO4. The Hall–Kier alpha value is -3.44. The summed E-state index contributed by atoms with van der Waals surface area (Å²) in [5, 5.41) is 13.8. The Morgan fingerprint density at radius 2 is 1.86 bits per heavy atom. The summed E-state index contributed by atoms with van der Waals surface area (Å²) in [7, 11) is 1.99. The molecular weight excluding hydrogens is 354 g/mol. The summed E-state index contributed by atoms with van der Waals surface area (Å²) in [4.78, 5) is 12.2. The Morgan fingerprint density at radius 1 is 1.04 bits per heavy atom. The van der Waals surface area contributed by atoms with E-state index in [0.29, 0.717) is 5.56 Å². The second-order valence-corrected chi connectivity index (χ2v) is 6.76. The van der Waals surface area contributed by atoms with Crippen LogP contribution in [0.1, 0.15) is 10.4 Å². The van der Waals surface area contributed by atoms with Crippen molar-refractivity contribution in [3.05, 3.63) is 66.2 Å². The molecule has 5 rings (SSSR count). The van der Waals surface area contributed by atoms with Crippen LogP contribution >= 0.6 is 0 Å². The second kappa shape index (κ2) is 6.32. The normalized spacial score (nSPS) is 11.9. The molecule has 0 radical (unpaired) electrons. The highest BCUT2D eigenvalue weighted by Crippen LogP contribution is 2.46. The Morgan fingerprint density at radius 3 is 2.71 bits per heavy atom. The Labute approximate surface area is 161 Å². The van der Waals surface area contributed by atoms with Gasteiger partial charge in [0.25, 0.3) is 0 Å². The molecule has 28 heavy (non-hydrogen) atoms. The molecule has 1 aliphatic rings. The summed E-state index contributed by atoms with van der Waals surface area (Å²) in [6.45, 7) is -0.568. The molecule has 0 bridgehead atoms. The molecule has 0 amide bonds. The third-order valence-corrected chi connectivity index (χ3v) is 5.16. The number of aryl methyl sites for hydroxylation is 1. The number of hydrogen-bond acceptors (Lipinski definition) is 4. The molecule has 0 saturated carbocycles. The predicted octanol–water partition coefficient (Wildman–Crippen LogP) is 3.11. The summed E-state index contributed by atoms with van der Waals surface area (Å²) in [5.74, 6) is 1.15. The first kappa shape index (κ1) is 16.7.